The van der Waals surface area contributed by atoms with Crippen molar-refractivity contribution in [2.24, 2.45) is 0 Å². The van der Waals surface area contributed by atoms with Crippen LogP contribution in [0.1, 0.15) is 17.3 Å². The summed E-state index contributed by atoms with van der Waals surface area (Å²) in [7, 11) is 0. The van der Waals surface area contributed by atoms with Crippen LogP contribution in [-0.4, -0.2) is 19.2 Å². The van der Waals surface area contributed by atoms with E-state index in [9.17, 15) is 13.6 Å². The molecule has 0 aliphatic carbocycles. The molecule has 0 amide bonds. The fraction of sp³-hybridized carbons (Fsp3) is 0.214. The van der Waals surface area contributed by atoms with Gasteiger partial charge in [-0.3, -0.25) is 0 Å². The highest BCUT2D eigenvalue weighted by molar-refractivity contribution is 7.15. The number of rotatable bonds is 5. The quantitative estimate of drug-likeness (QED) is 0.853. The number of hydrogen-bond donors (Lipinski definition) is 1. The fourth-order valence-electron chi connectivity index (χ4n) is 1.87. The molecule has 1 aromatic heterocycles. The van der Waals surface area contributed by atoms with Gasteiger partial charge in [0.25, 0.3) is 0 Å². The zero-order valence-corrected chi connectivity index (χ0v) is 12.0. The number of anilines is 1. The number of hydrogen-bond acceptors (Lipinski definition) is 5. The smallest absolute Gasteiger partial charge is 0.387 e. The second kappa shape index (κ2) is 6.53. The van der Waals surface area contributed by atoms with Gasteiger partial charge in [-0.15, -0.1) is 11.3 Å². The zero-order valence-electron chi connectivity index (χ0n) is 11.1. The molecule has 0 saturated carbocycles. The summed E-state index contributed by atoms with van der Waals surface area (Å²) >= 11 is 1.14. The van der Waals surface area contributed by atoms with Crippen LogP contribution in [0.4, 0.5) is 13.8 Å². The minimum atomic E-state index is -2.95. The van der Waals surface area contributed by atoms with Crippen molar-refractivity contribution in [3.05, 3.63) is 35.2 Å². The molecule has 0 aliphatic heterocycles. The first-order valence-corrected chi connectivity index (χ1v) is 7.00. The molecule has 2 aromatic rings. The van der Waals surface area contributed by atoms with E-state index in [1.807, 2.05) is 0 Å². The number of nitrogens with two attached hydrogens (primary N) is 1. The number of alkyl halides is 2. The van der Waals surface area contributed by atoms with Crippen molar-refractivity contribution in [2.75, 3.05) is 12.3 Å². The molecule has 1 heterocycles. The Morgan fingerprint density at radius 2 is 2.05 bits per heavy atom. The minimum absolute atomic E-state index is 0.0177. The van der Waals surface area contributed by atoms with Gasteiger partial charge in [0, 0.05) is 16.5 Å². The lowest BCUT2D eigenvalue weighted by atomic mass is 10.0. The number of carbonyl (C=O) groups is 1. The molecule has 0 fully saturated rings. The lowest BCUT2D eigenvalue weighted by molar-refractivity contribution is -0.0494. The standard InChI is InChI=1S/C14H13F2NO3S/c1-2-19-13(18)11-9(7-21-12(11)17)8-5-3-4-6-10(8)20-14(15)16/h3-7,14H,2,17H2,1H3. The Morgan fingerprint density at radius 1 is 1.33 bits per heavy atom. The second-order valence-electron chi connectivity index (χ2n) is 3.98. The first-order valence-electron chi connectivity index (χ1n) is 6.12. The molecule has 0 spiro atoms. The van der Waals surface area contributed by atoms with Gasteiger partial charge in [-0.2, -0.15) is 8.78 Å². The van der Waals surface area contributed by atoms with Gasteiger partial charge < -0.3 is 15.2 Å². The van der Waals surface area contributed by atoms with Crippen LogP contribution >= 0.6 is 11.3 Å². The molecule has 0 saturated heterocycles. The topological polar surface area (TPSA) is 61.5 Å². The van der Waals surface area contributed by atoms with E-state index in [2.05, 4.69) is 4.74 Å². The van der Waals surface area contributed by atoms with Crippen LogP contribution in [0.3, 0.4) is 0 Å². The van der Waals surface area contributed by atoms with Crippen molar-refractivity contribution in [2.45, 2.75) is 13.5 Å². The van der Waals surface area contributed by atoms with E-state index >= 15 is 0 Å². The maximum Gasteiger partial charge on any atom is 0.387 e. The molecule has 112 valence electrons. The number of esters is 1. The van der Waals surface area contributed by atoms with E-state index < -0.39 is 12.6 Å². The summed E-state index contributed by atoms with van der Waals surface area (Å²) in [4.78, 5) is 12.0. The molecule has 7 heteroatoms. The Labute approximate surface area is 124 Å². The second-order valence-corrected chi connectivity index (χ2v) is 4.89. The van der Waals surface area contributed by atoms with Gasteiger partial charge in [-0.1, -0.05) is 18.2 Å². The van der Waals surface area contributed by atoms with Crippen LogP contribution in [0.15, 0.2) is 29.6 Å². The normalized spacial score (nSPS) is 10.7. The van der Waals surface area contributed by atoms with E-state index in [1.165, 1.54) is 6.07 Å². The molecule has 0 bridgehead atoms. The van der Waals surface area contributed by atoms with E-state index in [0.717, 1.165) is 11.3 Å². The Morgan fingerprint density at radius 3 is 2.71 bits per heavy atom. The maximum absolute atomic E-state index is 12.5. The van der Waals surface area contributed by atoms with E-state index in [-0.39, 0.29) is 22.9 Å². The molecule has 2 rings (SSSR count). The molecule has 21 heavy (non-hydrogen) atoms. The van der Waals surface area contributed by atoms with Crippen LogP contribution < -0.4 is 10.5 Å². The predicted octanol–water partition coefficient (Wildman–Crippen LogP) is 3.78. The Hall–Kier alpha value is -2.15. The molecule has 0 atom stereocenters. The largest absolute Gasteiger partial charge is 0.462 e. The van der Waals surface area contributed by atoms with Gasteiger partial charge in [0.05, 0.1) is 6.61 Å². The molecule has 4 nitrogen and oxygen atoms in total. The number of ether oxygens (including phenoxy) is 2. The van der Waals surface area contributed by atoms with E-state index in [0.29, 0.717) is 11.1 Å². The summed E-state index contributed by atoms with van der Waals surface area (Å²) in [5.74, 6) is -0.603. The van der Waals surface area contributed by atoms with Crippen molar-refractivity contribution < 1.29 is 23.0 Å². The first kappa shape index (κ1) is 15.2. The van der Waals surface area contributed by atoms with Gasteiger partial charge in [0.15, 0.2) is 0 Å². The summed E-state index contributed by atoms with van der Waals surface area (Å²) < 4.78 is 34.4. The number of nitrogen functional groups attached to an aromatic ring is 1. The highest BCUT2D eigenvalue weighted by Crippen LogP contribution is 2.39. The van der Waals surface area contributed by atoms with Crippen molar-refractivity contribution in [1.29, 1.82) is 0 Å². The lowest BCUT2D eigenvalue weighted by Gasteiger charge is -2.11. The van der Waals surface area contributed by atoms with Gasteiger partial charge in [0.1, 0.15) is 16.3 Å². The third-order valence-corrected chi connectivity index (χ3v) is 3.50. The number of thiophene rings is 1. The minimum Gasteiger partial charge on any atom is -0.462 e. The molecular weight excluding hydrogens is 300 g/mol. The third kappa shape index (κ3) is 3.30. The molecule has 0 aliphatic rings. The fourth-order valence-corrected chi connectivity index (χ4v) is 2.67. The predicted molar refractivity (Wildman–Crippen MR) is 76.8 cm³/mol. The molecule has 1 aromatic carbocycles. The summed E-state index contributed by atoms with van der Waals surface area (Å²) in [5, 5.41) is 1.89. The van der Waals surface area contributed by atoms with Crippen LogP contribution in [0.5, 0.6) is 5.75 Å². The Bertz CT molecular complexity index is 643. The van der Waals surface area contributed by atoms with Crippen LogP contribution in [-0.2, 0) is 4.74 Å². The molecule has 2 N–H and O–H groups in total. The monoisotopic (exact) mass is 313 g/mol. The van der Waals surface area contributed by atoms with Crippen LogP contribution in [0.25, 0.3) is 11.1 Å². The summed E-state index contributed by atoms with van der Waals surface area (Å²) in [6.07, 6.45) is 0. The van der Waals surface area contributed by atoms with Crippen molar-refractivity contribution in [1.82, 2.24) is 0 Å². The molecule has 0 unspecified atom stereocenters. The Balaban J connectivity index is 2.50. The number of halogens is 2. The maximum atomic E-state index is 12.5. The molecular formula is C14H13F2NO3S. The van der Waals surface area contributed by atoms with Gasteiger partial charge >= 0.3 is 12.6 Å². The third-order valence-electron chi connectivity index (χ3n) is 2.69. The summed E-state index contributed by atoms with van der Waals surface area (Å²) in [5.41, 5.74) is 6.76. The summed E-state index contributed by atoms with van der Waals surface area (Å²) in [6.45, 7) is -1.08. The highest BCUT2D eigenvalue weighted by atomic mass is 32.1. The van der Waals surface area contributed by atoms with E-state index in [4.69, 9.17) is 10.5 Å². The highest BCUT2D eigenvalue weighted by Gasteiger charge is 2.22. The zero-order chi connectivity index (χ0) is 15.4. The average Bonchev–Trinajstić information content (AvgIpc) is 2.81. The SMILES string of the molecule is CCOC(=O)c1c(-c2ccccc2OC(F)F)csc1N. The van der Waals surface area contributed by atoms with Crippen LogP contribution in [0, 0.1) is 0 Å². The van der Waals surface area contributed by atoms with E-state index in [1.54, 1.807) is 30.5 Å². The summed E-state index contributed by atoms with van der Waals surface area (Å²) in [6, 6.07) is 6.23. The number of para-hydroxylation sites is 1. The first-order chi connectivity index (χ1) is 10.0. The number of carbonyl (C=O) groups excluding carboxylic acids is 1. The van der Waals surface area contributed by atoms with Crippen molar-refractivity contribution in [3.8, 4) is 16.9 Å². The number of benzene rings is 1. The lowest BCUT2D eigenvalue weighted by Crippen LogP contribution is -2.08. The van der Waals surface area contributed by atoms with Crippen molar-refractivity contribution >= 4 is 22.3 Å². The Kier molecular flexibility index (Phi) is 4.74. The van der Waals surface area contributed by atoms with Gasteiger partial charge in [-0.25, -0.2) is 4.79 Å². The van der Waals surface area contributed by atoms with Crippen molar-refractivity contribution in [3.63, 3.8) is 0 Å². The van der Waals surface area contributed by atoms with Gasteiger partial charge in [-0.05, 0) is 13.0 Å². The molecule has 0 radical (unpaired) electrons. The van der Waals surface area contributed by atoms with Crippen LogP contribution in [0.2, 0.25) is 0 Å². The van der Waals surface area contributed by atoms with Gasteiger partial charge in [0.2, 0.25) is 0 Å². The average molecular weight is 313 g/mol.